The summed E-state index contributed by atoms with van der Waals surface area (Å²) in [6.07, 6.45) is 4.45. The van der Waals surface area contributed by atoms with Crippen molar-refractivity contribution in [3.63, 3.8) is 0 Å². The zero-order valence-corrected chi connectivity index (χ0v) is 11.6. The minimum atomic E-state index is -0.111. The second kappa shape index (κ2) is 6.95. The fourth-order valence-corrected chi connectivity index (χ4v) is 2.33. The van der Waals surface area contributed by atoms with E-state index < -0.39 is 0 Å². The van der Waals surface area contributed by atoms with E-state index in [1.807, 2.05) is 30.3 Å². The van der Waals surface area contributed by atoms with Gasteiger partial charge in [-0.3, -0.25) is 9.78 Å². The van der Waals surface area contributed by atoms with Crippen LogP contribution in [0, 0.1) is 0 Å². The van der Waals surface area contributed by atoms with Crippen LogP contribution in [-0.4, -0.2) is 16.6 Å². The van der Waals surface area contributed by atoms with Gasteiger partial charge in [-0.25, -0.2) is 0 Å². The predicted octanol–water partition coefficient (Wildman–Crippen LogP) is 3.84. The highest BCUT2D eigenvalue weighted by Gasteiger charge is 2.05. The predicted molar refractivity (Wildman–Crippen MR) is 79.6 cm³/mol. The summed E-state index contributed by atoms with van der Waals surface area (Å²) in [5, 5.41) is 2.81. The van der Waals surface area contributed by atoms with Gasteiger partial charge >= 0.3 is 0 Å². The molecule has 0 bridgehead atoms. The quantitative estimate of drug-likeness (QED) is 0.841. The molecule has 0 saturated heterocycles. The van der Waals surface area contributed by atoms with E-state index in [4.69, 9.17) is 0 Å². The van der Waals surface area contributed by atoms with Gasteiger partial charge in [-0.05, 0) is 48.6 Å². The molecular weight excluding hydrogens is 256 g/mol. The van der Waals surface area contributed by atoms with Crippen LogP contribution < -0.4 is 5.32 Å². The van der Waals surface area contributed by atoms with Crippen molar-refractivity contribution in [2.24, 2.45) is 0 Å². The summed E-state index contributed by atoms with van der Waals surface area (Å²) < 4.78 is 0. The maximum absolute atomic E-state index is 12.0. The van der Waals surface area contributed by atoms with Crippen LogP contribution in [0.4, 0.5) is 5.69 Å². The van der Waals surface area contributed by atoms with Crippen molar-refractivity contribution in [3.05, 3.63) is 54.4 Å². The van der Waals surface area contributed by atoms with Gasteiger partial charge in [-0.1, -0.05) is 6.92 Å². The van der Waals surface area contributed by atoms with Gasteiger partial charge in [0.25, 0.3) is 5.91 Å². The molecule has 1 heterocycles. The Morgan fingerprint density at radius 2 is 2.05 bits per heavy atom. The Kier molecular flexibility index (Phi) is 4.98. The number of pyridine rings is 1. The summed E-state index contributed by atoms with van der Waals surface area (Å²) in [4.78, 5) is 17.1. The molecular formula is C15H16N2OS. The van der Waals surface area contributed by atoms with Crippen molar-refractivity contribution in [2.75, 3.05) is 11.1 Å². The number of hydrogen-bond donors (Lipinski definition) is 1. The molecule has 1 aromatic carbocycles. The Bertz CT molecular complexity index is 526. The number of rotatable bonds is 5. The molecule has 1 aromatic heterocycles. The molecule has 98 valence electrons. The van der Waals surface area contributed by atoms with Gasteiger partial charge in [0.15, 0.2) is 0 Å². The number of carbonyl (C=O) groups is 1. The monoisotopic (exact) mass is 272 g/mol. The van der Waals surface area contributed by atoms with Crippen LogP contribution in [0.5, 0.6) is 0 Å². The molecule has 0 aliphatic carbocycles. The number of aromatic nitrogens is 1. The van der Waals surface area contributed by atoms with Crippen molar-refractivity contribution >= 4 is 23.4 Å². The number of amides is 1. The number of hydrogen-bond acceptors (Lipinski definition) is 3. The normalized spacial score (nSPS) is 10.2. The van der Waals surface area contributed by atoms with Gasteiger partial charge in [0.05, 0.1) is 11.9 Å². The lowest BCUT2D eigenvalue weighted by atomic mass is 10.2. The molecule has 0 radical (unpaired) electrons. The largest absolute Gasteiger partial charge is 0.321 e. The molecule has 0 spiro atoms. The average Bonchev–Trinajstić information content (AvgIpc) is 2.46. The first-order valence-electron chi connectivity index (χ1n) is 6.24. The molecule has 0 aliphatic rings. The van der Waals surface area contributed by atoms with Crippen molar-refractivity contribution < 1.29 is 4.79 Å². The van der Waals surface area contributed by atoms with Gasteiger partial charge in [-0.2, -0.15) is 0 Å². The third-order valence-corrected chi connectivity index (χ3v) is 3.73. The van der Waals surface area contributed by atoms with E-state index in [1.54, 1.807) is 30.2 Å². The third-order valence-electron chi connectivity index (χ3n) is 2.51. The Balaban J connectivity index is 1.99. The lowest BCUT2D eigenvalue weighted by Gasteiger charge is -2.05. The van der Waals surface area contributed by atoms with Crippen molar-refractivity contribution in [1.82, 2.24) is 4.98 Å². The molecule has 19 heavy (non-hydrogen) atoms. The van der Waals surface area contributed by atoms with E-state index >= 15 is 0 Å². The summed E-state index contributed by atoms with van der Waals surface area (Å²) in [5.74, 6) is 0.987. The highest BCUT2D eigenvalue weighted by Crippen LogP contribution is 2.19. The van der Waals surface area contributed by atoms with E-state index in [0.29, 0.717) is 11.3 Å². The van der Waals surface area contributed by atoms with Crippen LogP contribution in [-0.2, 0) is 0 Å². The molecule has 0 saturated carbocycles. The highest BCUT2D eigenvalue weighted by atomic mass is 32.2. The van der Waals surface area contributed by atoms with Crippen LogP contribution in [0.2, 0.25) is 0 Å². The van der Waals surface area contributed by atoms with Crippen molar-refractivity contribution in [2.45, 2.75) is 18.2 Å². The molecule has 0 aliphatic heterocycles. The topological polar surface area (TPSA) is 42.0 Å². The SMILES string of the molecule is CCCSc1ccc(C(=O)Nc2cccnc2)cc1. The van der Waals surface area contributed by atoms with E-state index in [0.717, 1.165) is 12.2 Å². The first-order valence-corrected chi connectivity index (χ1v) is 7.22. The second-order valence-electron chi connectivity index (χ2n) is 4.07. The fourth-order valence-electron chi connectivity index (χ4n) is 1.56. The van der Waals surface area contributed by atoms with Crippen LogP contribution in [0.25, 0.3) is 0 Å². The number of nitrogens with one attached hydrogen (secondary N) is 1. The average molecular weight is 272 g/mol. The summed E-state index contributed by atoms with van der Waals surface area (Å²) in [6, 6.07) is 11.3. The molecule has 2 rings (SSSR count). The van der Waals surface area contributed by atoms with Crippen molar-refractivity contribution in [3.8, 4) is 0 Å². The van der Waals surface area contributed by atoms with Gasteiger partial charge < -0.3 is 5.32 Å². The zero-order chi connectivity index (χ0) is 13.5. The molecule has 2 aromatic rings. The Hall–Kier alpha value is -1.81. The zero-order valence-electron chi connectivity index (χ0n) is 10.8. The smallest absolute Gasteiger partial charge is 0.255 e. The lowest BCUT2D eigenvalue weighted by Crippen LogP contribution is -2.11. The molecule has 4 heteroatoms. The molecule has 0 unspecified atom stereocenters. The first-order chi connectivity index (χ1) is 9.29. The van der Waals surface area contributed by atoms with Crippen LogP contribution in [0.1, 0.15) is 23.7 Å². The fraction of sp³-hybridized carbons (Fsp3) is 0.200. The number of anilines is 1. The molecule has 0 fully saturated rings. The summed E-state index contributed by atoms with van der Waals surface area (Å²) >= 11 is 1.80. The Morgan fingerprint density at radius 1 is 1.26 bits per heavy atom. The minimum Gasteiger partial charge on any atom is -0.321 e. The summed E-state index contributed by atoms with van der Waals surface area (Å²) in [5.41, 5.74) is 1.36. The van der Waals surface area contributed by atoms with Gasteiger partial charge in [0.1, 0.15) is 0 Å². The maximum Gasteiger partial charge on any atom is 0.255 e. The number of carbonyl (C=O) groups excluding carboxylic acids is 1. The van der Waals surface area contributed by atoms with E-state index in [9.17, 15) is 4.79 Å². The minimum absolute atomic E-state index is 0.111. The van der Waals surface area contributed by atoms with Gasteiger partial charge in [0.2, 0.25) is 0 Å². The van der Waals surface area contributed by atoms with E-state index in [-0.39, 0.29) is 5.91 Å². The third kappa shape index (κ3) is 4.10. The van der Waals surface area contributed by atoms with Crippen LogP contribution >= 0.6 is 11.8 Å². The summed E-state index contributed by atoms with van der Waals surface area (Å²) in [7, 11) is 0. The molecule has 0 atom stereocenters. The highest BCUT2D eigenvalue weighted by molar-refractivity contribution is 7.99. The first kappa shape index (κ1) is 13.6. The van der Waals surface area contributed by atoms with Gasteiger partial charge in [0, 0.05) is 16.7 Å². The van der Waals surface area contributed by atoms with Crippen LogP contribution in [0.15, 0.2) is 53.7 Å². The van der Waals surface area contributed by atoms with Gasteiger partial charge in [-0.15, -0.1) is 11.8 Å². The Morgan fingerprint density at radius 3 is 2.68 bits per heavy atom. The summed E-state index contributed by atoms with van der Waals surface area (Å²) in [6.45, 7) is 2.16. The molecule has 3 nitrogen and oxygen atoms in total. The standard InChI is InChI=1S/C15H16N2OS/c1-2-10-19-14-7-5-12(6-8-14)15(18)17-13-4-3-9-16-11-13/h3-9,11H,2,10H2,1H3,(H,17,18). The van der Waals surface area contributed by atoms with E-state index in [1.165, 1.54) is 4.90 Å². The Labute approximate surface area is 117 Å². The van der Waals surface area contributed by atoms with Crippen LogP contribution in [0.3, 0.4) is 0 Å². The number of benzene rings is 1. The maximum atomic E-state index is 12.0. The van der Waals surface area contributed by atoms with E-state index in [2.05, 4.69) is 17.2 Å². The molecule has 1 amide bonds. The number of nitrogens with zero attached hydrogens (tertiary/aromatic N) is 1. The lowest BCUT2D eigenvalue weighted by molar-refractivity contribution is 0.102. The second-order valence-corrected chi connectivity index (χ2v) is 5.24. The van der Waals surface area contributed by atoms with Crippen molar-refractivity contribution in [1.29, 1.82) is 0 Å². The molecule has 1 N–H and O–H groups in total. The number of thioether (sulfide) groups is 1.